The van der Waals surface area contributed by atoms with Crippen molar-refractivity contribution in [3.63, 3.8) is 0 Å². The van der Waals surface area contributed by atoms with Crippen LogP contribution in [0, 0.1) is 5.41 Å². The summed E-state index contributed by atoms with van der Waals surface area (Å²) in [7, 11) is 0. The predicted molar refractivity (Wildman–Crippen MR) is 60.3 cm³/mol. The molecule has 0 radical (unpaired) electrons. The SMILES string of the molecule is C1CC(c2nc(C3CC4(CNC4)C3)n[nH]2)C1. The molecule has 2 saturated carbocycles. The van der Waals surface area contributed by atoms with E-state index in [1.54, 1.807) is 0 Å². The lowest BCUT2D eigenvalue weighted by molar-refractivity contribution is 0.0331. The van der Waals surface area contributed by atoms with Crippen LogP contribution in [-0.2, 0) is 0 Å². The Bertz CT molecular complexity index is 395. The van der Waals surface area contributed by atoms with Gasteiger partial charge in [0.1, 0.15) is 5.82 Å². The Morgan fingerprint density at radius 2 is 1.94 bits per heavy atom. The van der Waals surface area contributed by atoms with Crippen molar-refractivity contribution in [1.29, 1.82) is 0 Å². The molecule has 0 unspecified atom stereocenters. The average Bonchev–Trinajstić information content (AvgIpc) is 2.44. The van der Waals surface area contributed by atoms with Crippen LogP contribution in [0.3, 0.4) is 0 Å². The molecule has 3 fully saturated rings. The lowest BCUT2D eigenvalue weighted by Crippen LogP contribution is -2.59. The van der Waals surface area contributed by atoms with E-state index in [9.17, 15) is 0 Å². The van der Waals surface area contributed by atoms with Crippen LogP contribution in [0.4, 0.5) is 0 Å². The Labute approximate surface area is 95.2 Å². The van der Waals surface area contributed by atoms with Gasteiger partial charge in [0.2, 0.25) is 0 Å². The van der Waals surface area contributed by atoms with E-state index in [1.165, 1.54) is 45.2 Å². The number of hydrogen-bond donors (Lipinski definition) is 2. The van der Waals surface area contributed by atoms with Crippen molar-refractivity contribution in [2.45, 2.75) is 43.9 Å². The van der Waals surface area contributed by atoms with Gasteiger partial charge in [0.05, 0.1) is 0 Å². The molecule has 4 rings (SSSR count). The first kappa shape index (κ1) is 9.16. The predicted octanol–water partition coefficient (Wildman–Crippen LogP) is 1.54. The van der Waals surface area contributed by atoms with E-state index in [1.807, 2.05) is 0 Å². The van der Waals surface area contributed by atoms with Crippen LogP contribution in [0.15, 0.2) is 0 Å². The van der Waals surface area contributed by atoms with Crippen molar-refractivity contribution in [1.82, 2.24) is 20.5 Å². The minimum absolute atomic E-state index is 0.627. The number of hydrogen-bond acceptors (Lipinski definition) is 3. The minimum atomic E-state index is 0.627. The van der Waals surface area contributed by atoms with E-state index in [0.717, 1.165) is 11.6 Å². The lowest BCUT2D eigenvalue weighted by Gasteiger charge is -2.53. The van der Waals surface area contributed by atoms with E-state index in [4.69, 9.17) is 4.98 Å². The molecule has 1 aromatic heterocycles. The summed E-state index contributed by atoms with van der Waals surface area (Å²) in [6.07, 6.45) is 6.54. The summed E-state index contributed by atoms with van der Waals surface area (Å²) in [5, 5.41) is 10.9. The average molecular weight is 218 g/mol. The quantitative estimate of drug-likeness (QED) is 0.791. The summed E-state index contributed by atoms with van der Waals surface area (Å²) in [4.78, 5) is 4.69. The summed E-state index contributed by atoms with van der Waals surface area (Å²) in [5.41, 5.74) is 0.627. The minimum Gasteiger partial charge on any atom is -0.316 e. The van der Waals surface area contributed by atoms with Gasteiger partial charge in [-0.3, -0.25) is 5.10 Å². The topological polar surface area (TPSA) is 53.6 Å². The second kappa shape index (κ2) is 3.06. The van der Waals surface area contributed by atoms with Crippen molar-refractivity contribution >= 4 is 0 Å². The van der Waals surface area contributed by atoms with Crippen LogP contribution in [0.1, 0.15) is 55.6 Å². The molecule has 3 aliphatic rings. The maximum atomic E-state index is 4.69. The third-order valence-corrected chi connectivity index (χ3v) is 4.74. The first-order valence-electron chi connectivity index (χ1n) is 6.48. The molecule has 16 heavy (non-hydrogen) atoms. The molecule has 0 aromatic carbocycles. The number of nitrogens with zero attached hydrogens (tertiary/aromatic N) is 2. The Kier molecular flexibility index (Phi) is 1.76. The number of aromatic amines is 1. The molecule has 2 heterocycles. The van der Waals surface area contributed by atoms with Crippen molar-refractivity contribution in [2.75, 3.05) is 13.1 Å². The maximum Gasteiger partial charge on any atom is 0.153 e. The number of H-pyrrole nitrogens is 1. The van der Waals surface area contributed by atoms with Gasteiger partial charge in [-0.25, -0.2) is 4.98 Å². The fourth-order valence-corrected chi connectivity index (χ4v) is 3.27. The Hall–Kier alpha value is -0.900. The van der Waals surface area contributed by atoms with Gasteiger partial charge in [-0.15, -0.1) is 0 Å². The maximum absolute atomic E-state index is 4.69. The number of aromatic nitrogens is 3. The van der Waals surface area contributed by atoms with E-state index < -0.39 is 0 Å². The fourth-order valence-electron chi connectivity index (χ4n) is 3.27. The molecule has 86 valence electrons. The molecular weight excluding hydrogens is 200 g/mol. The molecule has 1 aliphatic heterocycles. The molecule has 1 aromatic rings. The second-order valence-corrected chi connectivity index (χ2v) is 5.92. The Morgan fingerprint density at radius 1 is 1.12 bits per heavy atom. The van der Waals surface area contributed by atoms with Crippen LogP contribution < -0.4 is 5.32 Å². The van der Waals surface area contributed by atoms with Gasteiger partial charge in [0, 0.05) is 24.9 Å². The van der Waals surface area contributed by atoms with Crippen molar-refractivity contribution in [3.8, 4) is 0 Å². The third kappa shape index (κ3) is 1.19. The first-order valence-corrected chi connectivity index (χ1v) is 6.48. The molecule has 4 heteroatoms. The highest BCUT2D eigenvalue weighted by atomic mass is 15.2. The van der Waals surface area contributed by atoms with Crippen LogP contribution in [0.2, 0.25) is 0 Å². The molecular formula is C12H18N4. The van der Waals surface area contributed by atoms with Gasteiger partial charge >= 0.3 is 0 Å². The Balaban J connectivity index is 1.45. The van der Waals surface area contributed by atoms with Crippen LogP contribution >= 0.6 is 0 Å². The zero-order valence-corrected chi connectivity index (χ0v) is 9.50. The van der Waals surface area contributed by atoms with E-state index >= 15 is 0 Å². The highest BCUT2D eigenvalue weighted by Gasteiger charge is 2.50. The van der Waals surface area contributed by atoms with Crippen molar-refractivity contribution in [3.05, 3.63) is 11.6 Å². The molecule has 4 nitrogen and oxygen atoms in total. The number of rotatable bonds is 2. The number of nitrogens with one attached hydrogen (secondary N) is 2. The van der Waals surface area contributed by atoms with Crippen LogP contribution in [0.5, 0.6) is 0 Å². The van der Waals surface area contributed by atoms with Gasteiger partial charge in [-0.05, 0) is 31.1 Å². The van der Waals surface area contributed by atoms with E-state index in [-0.39, 0.29) is 0 Å². The van der Waals surface area contributed by atoms with Crippen LogP contribution in [0.25, 0.3) is 0 Å². The normalized spacial score (nSPS) is 28.5. The summed E-state index contributed by atoms with van der Waals surface area (Å²) in [6, 6.07) is 0. The summed E-state index contributed by atoms with van der Waals surface area (Å²) >= 11 is 0. The highest BCUT2D eigenvalue weighted by Crippen LogP contribution is 2.52. The summed E-state index contributed by atoms with van der Waals surface area (Å²) in [6.45, 7) is 2.42. The van der Waals surface area contributed by atoms with E-state index in [0.29, 0.717) is 17.3 Å². The highest BCUT2D eigenvalue weighted by molar-refractivity contribution is 5.14. The van der Waals surface area contributed by atoms with Gasteiger partial charge in [-0.2, -0.15) is 5.10 Å². The van der Waals surface area contributed by atoms with Crippen molar-refractivity contribution in [2.24, 2.45) is 5.41 Å². The van der Waals surface area contributed by atoms with Crippen LogP contribution in [-0.4, -0.2) is 28.3 Å². The van der Waals surface area contributed by atoms with Gasteiger partial charge < -0.3 is 5.32 Å². The molecule has 0 bridgehead atoms. The molecule has 2 aliphatic carbocycles. The van der Waals surface area contributed by atoms with Gasteiger partial charge in [0.15, 0.2) is 5.82 Å². The summed E-state index contributed by atoms with van der Waals surface area (Å²) < 4.78 is 0. The zero-order valence-electron chi connectivity index (χ0n) is 9.50. The van der Waals surface area contributed by atoms with Gasteiger partial charge in [-0.1, -0.05) is 6.42 Å². The monoisotopic (exact) mass is 218 g/mol. The smallest absolute Gasteiger partial charge is 0.153 e. The largest absolute Gasteiger partial charge is 0.316 e. The van der Waals surface area contributed by atoms with Gasteiger partial charge in [0.25, 0.3) is 0 Å². The standard InChI is InChI=1S/C12H18N4/c1-2-8(3-1)10-14-11(16-15-10)9-4-12(5-9)6-13-7-12/h8-9,13H,1-7H2,(H,14,15,16). The molecule has 0 atom stereocenters. The molecule has 1 spiro atoms. The molecule has 0 amide bonds. The molecule has 1 saturated heterocycles. The second-order valence-electron chi connectivity index (χ2n) is 5.92. The summed E-state index contributed by atoms with van der Waals surface area (Å²) in [5.74, 6) is 3.54. The zero-order chi connectivity index (χ0) is 10.6. The van der Waals surface area contributed by atoms with E-state index in [2.05, 4.69) is 15.5 Å². The Morgan fingerprint density at radius 3 is 2.50 bits per heavy atom. The van der Waals surface area contributed by atoms with Crippen molar-refractivity contribution < 1.29 is 0 Å². The molecule has 2 N–H and O–H groups in total. The lowest BCUT2D eigenvalue weighted by atomic mass is 9.58. The third-order valence-electron chi connectivity index (χ3n) is 4.74. The first-order chi connectivity index (χ1) is 7.85. The fraction of sp³-hybridized carbons (Fsp3) is 0.833.